The highest BCUT2D eigenvalue weighted by molar-refractivity contribution is 7.85. The van der Waals surface area contributed by atoms with Gasteiger partial charge in [-0.1, -0.05) is 5.16 Å². The molecule has 0 amide bonds. The van der Waals surface area contributed by atoms with E-state index in [9.17, 15) is 22.4 Å². The van der Waals surface area contributed by atoms with E-state index < -0.39 is 21.4 Å². The molecule has 1 aliphatic heterocycles. The lowest BCUT2D eigenvalue weighted by Crippen LogP contribution is -2.25. The van der Waals surface area contributed by atoms with E-state index in [0.717, 1.165) is 18.6 Å². The van der Waals surface area contributed by atoms with E-state index in [1.165, 1.54) is 20.1 Å². The maximum atomic E-state index is 14.9. The molecule has 0 aromatic carbocycles. The third-order valence-corrected chi connectivity index (χ3v) is 5.32. The smallest absolute Gasteiger partial charge is 0.261 e. The van der Waals surface area contributed by atoms with Gasteiger partial charge < -0.3 is 20.0 Å². The quantitative estimate of drug-likeness (QED) is 0.359. The van der Waals surface area contributed by atoms with Gasteiger partial charge in [0.25, 0.3) is 10.1 Å². The average molecular weight is 484 g/mol. The summed E-state index contributed by atoms with van der Waals surface area (Å²) >= 11 is 0. The van der Waals surface area contributed by atoms with Gasteiger partial charge in [-0.25, -0.2) is 9.37 Å². The summed E-state index contributed by atoms with van der Waals surface area (Å²) in [6.07, 6.45) is 4.15. The Kier molecular flexibility index (Phi) is 7.14. The molecule has 0 bridgehead atoms. The van der Waals surface area contributed by atoms with E-state index in [-0.39, 0.29) is 34.5 Å². The molecule has 13 heteroatoms. The Morgan fingerprint density at radius 3 is 2.58 bits per heavy atom. The highest BCUT2D eigenvalue weighted by Gasteiger charge is 2.33. The Morgan fingerprint density at radius 2 is 2.06 bits per heavy atom. The van der Waals surface area contributed by atoms with Crippen LogP contribution in [0.2, 0.25) is 0 Å². The van der Waals surface area contributed by atoms with E-state index >= 15 is 0 Å². The van der Waals surface area contributed by atoms with Crippen LogP contribution in [0.5, 0.6) is 0 Å². The summed E-state index contributed by atoms with van der Waals surface area (Å²) in [6.45, 7) is 2.52. The fraction of sp³-hybridized carbons (Fsp3) is 0.500. The van der Waals surface area contributed by atoms with E-state index in [4.69, 9.17) is 15.1 Å². The molecule has 33 heavy (non-hydrogen) atoms. The number of aromatic nitrogens is 2. The summed E-state index contributed by atoms with van der Waals surface area (Å²) < 4.78 is 42.6. The van der Waals surface area contributed by atoms with Gasteiger partial charge in [0.1, 0.15) is 12.8 Å². The van der Waals surface area contributed by atoms with Crippen molar-refractivity contribution in [1.29, 1.82) is 0 Å². The summed E-state index contributed by atoms with van der Waals surface area (Å²) in [4.78, 5) is 35.7. The lowest BCUT2D eigenvalue weighted by molar-refractivity contribution is 0.101. The van der Waals surface area contributed by atoms with Gasteiger partial charge in [0.2, 0.25) is 5.43 Å². The lowest BCUT2D eigenvalue weighted by atomic mass is 10.1. The lowest BCUT2D eigenvalue weighted by Gasteiger charge is -2.19. The van der Waals surface area contributed by atoms with Crippen molar-refractivity contribution in [2.24, 2.45) is 16.8 Å². The molecule has 1 aliphatic carbocycles. The minimum atomic E-state index is -3.67. The number of hydrogen-bond acceptors (Lipinski definition) is 9. The zero-order chi connectivity index (χ0) is 24.5. The minimum Gasteiger partial charge on any atom is -0.399 e. The van der Waals surface area contributed by atoms with Crippen LogP contribution in [-0.2, 0) is 15.0 Å². The second-order valence-electron chi connectivity index (χ2n) is 8.04. The average Bonchev–Trinajstić information content (AvgIpc) is 3.47. The number of Topliss-reactive ketones (excluding diaryl/α,β-unsaturated/α-hetero) is 1. The van der Waals surface area contributed by atoms with Crippen LogP contribution in [0.4, 0.5) is 10.2 Å². The van der Waals surface area contributed by atoms with E-state index in [1.807, 2.05) is 4.57 Å². The third kappa shape index (κ3) is 5.72. The van der Waals surface area contributed by atoms with E-state index in [1.54, 1.807) is 11.1 Å². The van der Waals surface area contributed by atoms with Crippen LogP contribution < -0.4 is 16.1 Å². The molecular formula is C20H26FN5O6S. The molecule has 0 spiro atoms. The Bertz CT molecular complexity index is 1260. The normalized spacial score (nSPS) is 19.5. The highest BCUT2D eigenvalue weighted by atomic mass is 32.2. The Morgan fingerprint density at radius 1 is 1.42 bits per heavy atom. The van der Waals surface area contributed by atoms with E-state index in [0.29, 0.717) is 31.5 Å². The van der Waals surface area contributed by atoms with Gasteiger partial charge in [0, 0.05) is 31.2 Å². The molecule has 3 heterocycles. The molecule has 4 rings (SSSR count). The molecule has 1 saturated heterocycles. The fourth-order valence-electron chi connectivity index (χ4n) is 3.69. The number of rotatable bonds is 5. The van der Waals surface area contributed by atoms with Crippen LogP contribution in [0, 0.1) is 11.7 Å². The van der Waals surface area contributed by atoms with Crippen molar-refractivity contribution in [2.75, 3.05) is 37.9 Å². The van der Waals surface area contributed by atoms with Gasteiger partial charge in [-0.3, -0.25) is 14.1 Å². The number of halogens is 1. The summed E-state index contributed by atoms with van der Waals surface area (Å²) in [5.74, 6) is -0.849. The number of carbonyl (C=O) groups excluding carboxylic acids is 1. The first-order chi connectivity index (χ1) is 15.4. The number of carbonyl (C=O) groups is 1. The molecule has 1 saturated carbocycles. The van der Waals surface area contributed by atoms with Gasteiger partial charge in [-0.2, -0.15) is 8.42 Å². The van der Waals surface area contributed by atoms with Gasteiger partial charge in [0.05, 0.1) is 29.5 Å². The van der Waals surface area contributed by atoms with Crippen molar-refractivity contribution in [1.82, 2.24) is 9.55 Å². The van der Waals surface area contributed by atoms with Crippen molar-refractivity contribution >= 4 is 38.5 Å². The number of hydrogen-bond donors (Lipinski definition) is 2. The van der Waals surface area contributed by atoms with Crippen LogP contribution >= 0.6 is 0 Å². The highest BCUT2D eigenvalue weighted by Crippen LogP contribution is 2.37. The van der Waals surface area contributed by atoms with Crippen molar-refractivity contribution in [3.8, 4) is 0 Å². The molecule has 2 aliphatic rings. The number of nitrogens with zero attached hydrogens (tertiary/aromatic N) is 4. The summed E-state index contributed by atoms with van der Waals surface area (Å²) in [5, 5.41) is 4.12. The monoisotopic (exact) mass is 483 g/mol. The maximum absolute atomic E-state index is 14.9. The van der Waals surface area contributed by atoms with Crippen molar-refractivity contribution in [2.45, 2.75) is 25.8 Å². The van der Waals surface area contributed by atoms with Crippen LogP contribution in [-0.4, -0.2) is 67.0 Å². The summed E-state index contributed by atoms with van der Waals surface area (Å²) in [7, 11) is -2.21. The van der Waals surface area contributed by atoms with Gasteiger partial charge in [-0.15, -0.1) is 0 Å². The Labute approximate surface area is 189 Å². The predicted octanol–water partition coefficient (Wildman–Crippen LogP) is 0.974. The van der Waals surface area contributed by atoms with Gasteiger partial charge in [0.15, 0.2) is 17.4 Å². The Hall–Kier alpha value is -2.90. The number of fused-ring (bicyclic) bond motifs is 1. The fourth-order valence-corrected chi connectivity index (χ4v) is 3.69. The zero-order valence-corrected chi connectivity index (χ0v) is 19.3. The first-order valence-electron chi connectivity index (χ1n) is 10.2. The third-order valence-electron chi connectivity index (χ3n) is 5.32. The molecule has 3 N–H and O–H groups in total. The molecule has 1 atom stereocenters. The molecule has 180 valence electrons. The van der Waals surface area contributed by atoms with Crippen molar-refractivity contribution in [3.05, 3.63) is 33.9 Å². The molecule has 2 aromatic heterocycles. The van der Waals surface area contributed by atoms with Crippen LogP contribution in [0.1, 0.15) is 36.2 Å². The number of ketones is 1. The van der Waals surface area contributed by atoms with Crippen LogP contribution in [0.15, 0.2) is 22.2 Å². The summed E-state index contributed by atoms with van der Waals surface area (Å²) in [5.41, 5.74) is 6.51. The topological polar surface area (TPSA) is 157 Å². The standard InChI is InChI=1S/C19H22FN5O3.CH4O3S/c1-10(26)14-8-25(12-3-4-12)18-13(17(14)27)5-15(20)19(22-18)24-7-11(6-21)16(9-24)23-28-2;1-5(2,3)4/h5,8,11-12H,3-4,6-7,9,21H2,1-2H3;1H3,(H,2,3,4)/b23-16+;. The van der Waals surface area contributed by atoms with Crippen molar-refractivity contribution in [3.63, 3.8) is 0 Å². The first kappa shape index (κ1) is 24.7. The number of anilines is 1. The molecule has 0 radical (unpaired) electrons. The second kappa shape index (κ2) is 9.53. The molecule has 1 unspecified atom stereocenters. The molecule has 2 aromatic rings. The maximum Gasteiger partial charge on any atom is 0.261 e. The van der Waals surface area contributed by atoms with Crippen LogP contribution in [0.25, 0.3) is 11.0 Å². The predicted molar refractivity (Wildman–Crippen MR) is 121 cm³/mol. The SMILES string of the molecule is CO/N=C1\CN(c2nc3c(cc2F)c(=O)c(C(C)=O)cn3C2CC2)CC1CN.CS(=O)(=O)O. The van der Waals surface area contributed by atoms with Gasteiger partial charge in [-0.05, 0) is 25.8 Å². The van der Waals surface area contributed by atoms with E-state index in [2.05, 4.69) is 10.1 Å². The number of pyridine rings is 2. The zero-order valence-electron chi connectivity index (χ0n) is 18.5. The van der Waals surface area contributed by atoms with Crippen LogP contribution in [0.3, 0.4) is 0 Å². The largest absolute Gasteiger partial charge is 0.399 e. The minimum absolute atomic E-state index is 0.0532. The van der Waals surface area contributed by atoms with Gasteiger partial charge >= 0.3 is 0 Å². The number of oxime groups is 1. The molecular weight excluding hydrogens is 457 g/mol. The Balaban J connectivity index is 0.000000555. The van der Waals surface area contributed by atoms with Crippen molar-refractivity contribution < 1.29 is 27.0 Å². The first-order valence-corrected chi connectivity index (χ1v) is 12.0. The molecule has 2 fully saturated rings. The second-order valence-corrected chi connectivity index (χ2v) is 9.51. The molecule has 11 nitrogen and oxygen atoms in total. The summed E-state index contributed by atoms with van der Waals surface area (Å²) in [6, 6.07) is 1.36. The number of nitrogens with two attached hydrogens (primary N) is 1.